The van der Waals surface area contributed by atoms with Gasteiger partial charge in [-0.3, -0.25) is 0 Å². The van der Waals surface area contributed by atoms with E-state index in [1.165, 1.54) is 10.5 Å². The first-order chi connectivity index (χ1) is 11.6. The van der Waals surface area contributed by atoms with Gasteiger partial charge < -0.3 is 14.8 Å². The number of hydrogen-bond acceptors (Lipinski definition) is 4. The van der Waals surface area contributed by atoms with Gasteiger partial charge in [-0.25, -0.2) is 0 Å². The standard InChI is InChI=1S/C20H21NO2S/c1-21(2)11-5-7-16-17-6-3-4-8-19(17)24-13-15-10-9-14(20(22)23)12-18(15)16/h3-4,6-10,12H,5,11,13H2,1-2H3,(H,22,23)/p-1/b16-7-. The smallest absolute Gasteiger partial charge is 0.0715 e. The summed E-state index contributed by atoms with van der Waals surface area (Å²) in [6.07, 6.45) is 3.14. The summed E-state index contributed by atoms with van der Waals surface area (Å²) < 4.78 is 0. The first-order valence-corrected chi connectivity index (χ1v) is 8.96. The Balaban J connectivity index is 2.13. The van der Waals surface area contributed by atoms with Crippen molar-refractivity contribution in [3.05, 3.63) is 70.8 Å². The van der Waals surface area contributed by atoms with Crippen LogP contribution < -0.4 is 5.11 Å². The molecule has 0 atom stereocenters. The lowest BCUT2D eigenvalue weighted by molar-refractivity contribution is -0.255. The minimum Gasteiger partial charge on any atom is -0.545 e. The number of carboxylic acid groups (broad SMARTS) is 1. The molecule has 2 aromatic carbocycles. The highest BCUT2D eigenvalue weighted by Crippen LogP contribution is 2.40. The molecular weight excluding hydrogens is 318 g/mol. The fraction of sp³-hybridized carbons (Fsp3) is 0.250. The molecule has 0 N–H and O–H groups in total. The van der Waals surface area contributed by atoms with Crippen LogP contribution >= 0.6 is 11.8 Å². The summed E-state index contributed by atoms with van der Waals surface area (Å²) in [6, 6.07) is 13.6. The van der Waals surface area contributed by atoms with Crippen LogP contribution in [-0.2, 0) is 5.75 Å². The van der Waals surface area contributed by atoms with Gasteiger partial charge in [0, 0.05) is 17.2 Å². The number of rotatable bonds is 4. The van der Waals surface area contributed by atoms with Crippen LogP contribution in [-0.4, -0.2) is 31.5 Å². The molecule has 3 rings (SSSR count). The summed E-state index contributed by atoms with van der Waals surface area (Å²) in [5.74, 6) is -0.291. The van der Waals surface area contributed by atoms with E-state index in [1.54, 1.807) is 23.9 Å². The largest absolute Gasteiger partial charge is 0.545 e. The number of nitrogens with zero attached hydrogens (tertiary/aromatic N) is 1. The third kappa shape index (κ3) is 3.55. The molecule has 0 unspecified atom stereocenters. The van der Waals surface area contributed by atoms with Crippen LogP contribution in [0.4, 0.5) is 0 Å². The number of carboxylic acids is 1. The monoisotopic (exact) mass is 338 g/mol. The van der Waals surface area contributed by atoms with E-state index in [-0.39, 0.29) is 5.56 Å². The molecule has 0 fully saturated rings. The zero-order chi connectivity index (χ0) is 17.1. The van der Waals surface area contributed by atoms with Crippen molar-refractivity contribution in [3.8, 4) is 0 Å². The number of carbonyl (C=O) groups is 1. The van der Waals surface area contributed by atoms with Crippen LogP contribution in [0.25, 0.3) is 5.57 Å². The molecule has 0 bridgehead atoms. The highest BCUT2D eigenvalue weighted by molar-refractivity contribution is 7.98. The van der Waals surface area contributed by atoms with Crippen LogP contribution in [0.5, 0.6) is 0 Å². The van der Waals surface area contributed by atoms with E-state index < -0.39 is 5.97 Å². The fourth-order valence-corrected chi connectivity index (χ4v) is 3.95. The number of hydrogen-bond donors (Lipinski definition) is 0. The second-order valence-electron chi connectivity index (χ2n) is 6.15. The predicted octanol–water partition coefficient (Wildman–Crippen LogP) is 3.04. The summed E-state index contributed by atoms with van der Waals surface area (Å²) in [6.45, 7) is 0.953. The van der Waals surface area contributed by atoms with Gasteiger partial charge >= 0.3 is 0 Å². The summed E-state index contributed by atoms with van der Waals surface area (Å²) in [5, 5.41) is 11.3. The van der Waals surface area contributed by atoms with Gasteiger partial charge in [0.05, 0.1) is 5.97 Å². The van der Waals surface area contributed by atoms with Crippen LogP contribution in [0.15, 0.2) is 53.4 Å². The quantitative estimate of drug-likeness (QED) is 0.859. The molecule has 0 spiro atoms. The van der Waals surface area contributed by atoms with Crippen LogP contribution in [0.2, 0.25) is 0 Å². The van der Waals surface area contributed by atoms with Crippen molar-refractivity contribution in [2.75, 3.05) is 20.6 Å². The molecule has 0 aliphatic carbocycles. The lowest BCUT2D eigenvalue weighted by Crippen LogP contribution is -2.22. The summed E-state index contributed by atoms with van der Waals surface area (Å²) >= 11 is 1.80. The second kappa shape index (κ2) is 7.24. The van der Waals surface area contributed by atoms with Crippen molar-refractivity contribution in [1.82, 2.24) is 4.90 Å². The van der Waals surface area contributed by atoms with E-state index in [4.69, 9.17) is 0 Å². The van der Waals surface area contributed by atoms with E-state index in [1.807, 2.05) is 18.2 Å². The van der Waals surface area contributed by atoms with Gasteiger partial charge in [0.25, 0.3) is 0 Å². The zero-order valence-electron chi connectivity index (χ0n) is 13.9. The van der Waals surface area contributed by atoms with Gasteiger partial charge in [0.2, 0.25) is 0 Å². The SMILES string of the molecule is CN(C)CC/C=C1\c2cc(C(=O)[O-])ccc2CSc2ccccc21. The minimum atomic E-state index is -1.13. The molecule has 0 saturated heterocycles. The predicted molar refractivity (Wildman–Crippen MR) is 97.0 cm³/mol. The van der Waals surface area contributed by atoms with E-state index in [0.29, 0.717) is 0 Å². The van der Waals surface area contributed by atoms with Gasteiger partial charge in [-0.15, -0.1) is 11.8 Å². The molecule has 24 heavy (non-hydrogen) atoms. The maximum atomic E-state index is 11.3. The minimum absolute atomic E-state index is 0.233. The van der Waals surface area contributed by atoms with Crippen molar-refractivity contribution in [2.24, 2.45) is 0 Å². The number of benzene rings is 2. The van der Waals surface area contributed by atoms with Crippen molar-refractivity contribution in [2.45, 2.75) is 17.1 Å². The van der Waals surface area contributed by atoms with Crippen molar-refractivity contribution in [1.29, 1.82) is 0 Å². The zero-order valence-corrected chi connectivity index (χ0v) is 14.7. The molecule has 0 radical (unpaired) electrons. The Hall–Kier alpha value is -2.04. The lowest BCUT2D eigenvalue weighted by Gasteiger charge is -2.14. The number of thioether (sulfide) groups is 1. The first-order valence-electron chi connectivity index (χ1n) is 7.98. The summed E-state index contributed by atoms with van der Waals surface area (Å²) in [5.41, 5.74) is 4.70. The van der Waals surface area contributed by atoms with Gasteiger partial charge in [0.1, 0.15) is 0 Å². The highest BCUT2D eigenvalue weighted by Gasteiger charge is 2.18. The van der Waals surface area contributed by atoms with E-state index in [0.717, 1.165) is 35.4 Å². The molecule has 1 aliphatic heterocycles. The van der Waals surface area contributed by atoms with E-state index >= 15 is 0 Å². The van der Waals surface area contributed by atoms with Gasteiger partial charge in [-0.1, -0.05) is 36.4 Å². The topological polar surface area (TPSA) is 43.4 Å². The third-order valence-corrected chi connectivity index (χ3v) is 5.24. The van der Waals surface area contributed by atoms with Crippen LogP contribution in [0, 0.1) is 0 Å². The Morgan fingerprint density at radius 2 is 2.00 bits per heavy atom. The van der Waals surface area contributed by atoms with E-state index in [2.05, 4.69) is 37.2 Å². The summed E-state index contributed by atoms with van der Waals surface area (Å²) in [7, 11) is 4.11. The second-order valence-corrected chi connectivity index (χ2v) is 7.17. The number of fused-ring (bicyclic) bond motifs is 2. The molecule has 4 heteroatoms. The Bertz CT molecular complexity index is 796. The van der Waals surface area contributed by atoms with Crippen LogP contribution in [0.1, 0.15) is 33.5 Å². The van der Waals surface area contributed by atoms with Crippen molar-refractivity contribution in [3.63, 3.8) is 0 Å². The third-order valence-electron chi connectivity index (χ3n) is 4.12. The van der Waals surface area contributed by atoms with Gasteiger partial charge in [0.15, 0.2) is 0 Å². The van der Waals surface area contributed by atoms with Gasteiger partial charge in [-0.05, 0) is 60.5 Å². The normalized spacial score (nSPS) is 15.0. The molecule has 0 amide bonds. The molecule has 3 nitrogen and oxygen atoms in total. The van der Waals surface area contributed by atoms with E-state index in [9.17, 15) is 9.90 Å². The molecule has 1 heterocycles. The van der Waals surface area contributed by atoms with Crippen LogP contribution in [0.3, 0.4) is 0 Å². The van der Waals surface area contributed by atoms with Crippen molar-refractivity contribution < 1.29 is 9.90 Å². The number of aromatic carboxylic acids is 1. The Morgan fingerprint density at radius 3 is 2.75 bits per heavy atom. The fourth-order valence-electron chi connectivity index (χ4n) is 2.88. The molecular formula is C20H20NO2S-. The Kier molecular flexibility index (Phi) is 5.07. The average molecular weight is 338 g/mol. The lowest BCUT2D eigenvalue weighted by atomic mass is 9.92. The molecule has 0 saturated carbocycles. The molecule has 0 aromatic heterocycles. The van der Waals surface area contributed by atoms with Gasteiger partial charge in [-0.2, -0.15) is 0 Å². The van der Waals surface area contributed by atoms with Crippen molar-refractivity contribution >= 4 is 23.3 Å². The Morgan fingerprint density at radius 1 is 1.21 bits per heavy atom. The maximum absolute atomic E-state index is 11.3. The Labute approximate surface area is 147 Å². The molecule has 1 aliphatic rings. The summed E-state index contributed by atoms with van der Waals surface area (Å²) in [4.78, 5) is 14.7. The number of carbonyl (C=O) groups excluding carboxylic acids is 1. The first kappa shape index (κ1) is 16.8. The maximum Gasteiger partial charge on any atom is 0.0715 e. The molecule has 124 valence electrons. The highest BCUT2D eigenvalue weighted by atomic mass is 32.2. The molecule has 2 aromatic rings. The average Bonchev–Trinajstić information content (AvgIpc) is 2.71.